The molecule has 2 atom stereocenters. The molecule has 7 nitrogen and oxygen atoms in total. The van der Waals surface area contributed by atoms with Crippen LogP contribution in [0.3, 0.4) is 0 Å². The molecule has 0 aliphatic carbocycles. The third-order valence-electron chi connectivity index (χ3n) is 3.14. The Labute approximate surface area is 129 Å². The van der Waals surface area contributed by atoms with E-state index < -0.39 is 12.6 Å². The summed E-state index contributed by atoms with van der Waals surface area (Å²) in [6.45, 7) is 3.15. The van der Waals surface area contributed by atoms with Crippen molar-refractivity contribution in [3.05, 3.63) is 29.8 Å². The van der Waals surface area contributed by atoms with E-state index in [0.29, 0.717) is 12.9 Å². The topological polar surface area (TPSA) is 74.3 Å². The summed E-state index contributed by atoms with van der Waals surface area (Å²) < 4.78 is 19.9. The van der Waals surface area contributed by atoms with E-state index in [2.05, 4.69) is 0 Å². The van der Waals surface area contributed by atoms with E-state index in [-0.39, 0.29) is 13.1 Å². The zero-order valence-electron chi connectivity index (χ0n) is 12.9. The number of ether oxygens (including phenoxy) is 4. The molecule has 0 fully saturated rings. The highest BCUT2D eigenvalue weighted by molar-refractivity contribution is 5.53. The number of hydrogen-bond acceptors (Lipinski definition) is 7. The van der Waals surface area contributed by atoms with Crippen molar-refractivity contribution in [3.63, 3.8) is 0 Å². The largest absolute Gasteiger partial charge is 0.436 e. The minimum atomic E-state index is -0.745. The van der Waals surface area contributed by atoms with Crippen LogP contribution in [0, 0.1) is 6.92 Å². The fraction of sp³-hybridized carbons (Fsp3) is 0.467. The molecular weight excluding hydrogens is 290 g/mol. The van der Waals surface area contributed by atoms with Gasteiger partial charge in [0.2, 0.25) is 12.6 Å². The molecule has 0 aromatic heterocycles. The predicted octanol–water partition coefficient (Wildman–Crippen LogP) is 1.09. The van der Waals surface area contributed by atoms with Crippen molar-refractivity contribution in [1.29, 1.82) is 0 Å². The number of aryl methyl sites for hydroxylation is 1. The van der Waals surface area contributed by atoms with Crippen LogP contribution in [0.1, 0.15) is 5.56 Å². The summed E-state index contributed by atoms with van der Waals surface area (Å²) in [6.07, 6.45) is -1.49. The maximum atomic E-state index is 10.5. The van der Waals surface area contributed by atoms with Gasteiger partial charge in [-0.1, -0.05) is 18.2 Å². The summed E-state index contributed by atoms with van der Waals surface area (Å²) in [6, 6.07) is 7.67. The minimum Gasteiger partial charge on any atom is -0.436 e. The zero-order chi connectivity index (χ0) is 16.4. The molecule has 0 amide bonds. The van der Waals surface area contributed by atoms with E-state index in [1.165, 1.54) is 14.2 Å². The Morgan fingerprint density at radius 2 is 1.50 bits per heavy atom. The van der Waals surface area contributed by atoms with Crippen LogP contribution in [-0.4, -0.2) is 52.8 Å². The van der Waals surface area contributed by atoms with Gasteiger partial charge in [-0.2, -0.15) is 0 Å². The van der Waals surface area contributed by atoms with Crippen LogP contribution in [0.15, 0.2) is 24.3 Å². The van der Waals surface area contributed by atoms with Gasteiger partial charge in [0.05, 0.1) is 13.1 Å². The molecule has 0 aliphatic rings. The van der Waals surface area contributed by atoms with Gasteiger partial charge in [-0.05, 0) is 18.6 Å². The van der Waals surface area contributed by atoms with Gasteiger partial charge < -0.3 is 23.8 Å². The first kappa shape index (κ1) is 17.9. The highest BCUT2D eigenvalue weighted by Gasteiger charge is 2.21. The average molecular weight is 311 g/mol. The van der Waals surface area contributed by atoms with Crippen molar-refractivity contribution in [2.75, 3.05) is 32.2 Å². The van der Waals surface area contributed by atoms with Gasteiger partial charge in [0.25, 0.3) is 12.9 Å². The smallest absolute Gasteiger partial charge is 0.295 e. The lowest BCUT2D eigenvalue weighted by atomic mass is 10.2. The number of rotatable bonds is 11. The van der Waals surface area contributed by atoms with Crippen LogP contribution in [0.2, 0.25) is 0 Å². The normalized spacial score (nSPS) is 13.0. The van der Waals surface area contributed by atoms with E-state index in [1.54, 1.807) is 0 Å². The van der Waals surface area contributed by atoms with Crippen molar-refractivity contribution in [2.45, 2.75) is 19.5 Å². The van der Waals surface area contributed by atoms with Crippen molar-refractivity contribution in [1.82, 2.24) is 0 Å². The van der Waals surface area contributed by atoms with Crippen LogP contribution >= 0.6 is 0 Å². The number of nitrogens with zero attached hydrogens (tertiary/aromatic N) is 1. The molecule has 0 heterocycles. The van der Waals surface area contributed by atoms with Crippen molar-refractivity contribution >= 4 is 18.6 Å². The molecule has 0 saturated heterocycles. The van der Waals surface area contributed by atoms with Crippen LogP contribution in [0.5, 0.6) is 0 Å². The van der Waals surface area contributed by atoms with Gasteiger partial charge in [0.1, 0.15) is 0 Å². The number of carbonyl (C=O) groups excluding carboxylic acids is 2. The summed E-state index contributed by atoms with van der Waals surface area (Å²) in [7, 11) is 2.89. The Bertz CT molecular complexity index is 447. The molecule has 1 rings (SSSR count). The minimum absolute atomic E-state index is 0.266. The van der Waals surface area contributed by atoms with Crippen LogP contribution < -0.4 is 4.90 Å². The molecule has 22 heavy (non-hydrogen) atoms. The molecule has 0 radical (unpaired) electrons. The van der Waals surface area contributed by atoms with Crippen LogP contribution in [-0.2, 0) is 28.5 Å². The fourth-order valence-electron chi connectivity index (χ4n) is 2.02. The van der Waals surface area contributed by atoms with Crippen LogP contribution in [0.25, 0.3) is 0 Å². The fourth-order valence-corrected chi connectivity index (χ4v) is 2.02. The number of methoxy groups -OCH3 is 2. The molecule has 2 unspecified atom stereocenters. The van der Waals surface area contributed by atoms with Gasteiger partial charge in [0, 0.05) is 19.9 Å². The van der Waals surface area contributed by atoms with Crippen molar-refractivity contribution in [3.8, 4) is 0 Å². The molecule has 0 aliphatic heterocycles. The monoisotopic (exact) mass is 311 g/mol. The highest BCUT2D eigenvalue weighted by atomic mass is 16.7. The van der Waals surface area contributed by atoms with Crippen molar-refractivity contribution < 1.29 is 28.5 Å². The van der Waals surface area contributed by atoms with Gasteiger partial charge in [-0.25, -0.2) is 0 Å². The second-order valence-corrected chi connectivity index (χ2v) is 4.49. The number of benzene rings is 1. The van der Waals surface area contributed by atoms with E-state index in [9.17, 15) is 9.59 Å². The second kappa shape index (κ2) is 9.75. The first-order valence-electron chi connectivity index (χ1n) is 6.70. The zero-order valence-corrected chi connectivity index (χ0v) is 12.9. The lowest BCUT2D eigenvalue weighted by Gasteiger charge is -2.31. The van der Waals surface area contributed by atoms with E-state index in [1.807, 2.05) is 36.1 Å². The lowest BCUT2D eigenvalue weighted by Crippen LogP contribution is -2.41. The Hall–Kier alpha value is -2.12. The van der Waals surface area contributed by atoms with Gasteiger partial charge >= 0.3 is 0 Å². The average Bonchev–Trinajstić information content (AvgIpc) is 2.53. The first-order valence-corrected chi connectivity index (χ1v) is 6.70. The van der Waals surface area contributed by atoms with E-state index in [4.69, 9.17) is 18.9 Å². The molecule has 1 aromatic rings. The molecule has 7 heteroatoms. The number of hydrogen-bond donors (Lipinski definition) is 0. The van der Waals surface area contributed by atoms with Gasteiger partial charge in [-0.3, -0.25) is 9.59 Å². The predicted molar refractivity (Wildman–Crippen MR) is 79.3 cm³/mol. The Morgan fingerprint density at radius 3 is 1.91 bits per heavy atom. The molecule has 0 N–H and O–H groups in total. The molecular formula is C15H21NO6. The standard InChI is InChI=1S/C15H21NO6/c1-12-6-4-5-7-13(12)16(8-14(19-2)21-10-17)9-15(20-3)22-11-18/h4-7,10-11,14-15H,8-9H2,1-3H3. The quantitative estimate of drug-likeness (QED) is 0.447. The molecule has 122 valence electrons. The van der Waals surface area contributed by atoms with Gasteiger partial charge in [-0.15, -0.1) is 0 Å². The summed E-state index contributed by atoms with van der Waals surface area (Å²) in [5.74, 6) is 0. The molecule has 1 aromatic carbocycles. The highest BCUT2D eigenvalue weighted by Crippen LogP contribution is 2.21. The SMILES string of the molecule is COC(CN(CC(OC)OC=O)c1ccccc1C)OC=O. The van der Waals surface area contributed by atoms with E-state index in [0.717, 1.165) is 11.3 Å². The number of para-hydroxylation sites is 1. The second-order valence-electron chi connectivity index (χ2n) is 4.49. The Balaban J connectivity index is 2.95. The molecule has 0 bridgehead atoms. The number of anilines is 1. The first-order chi connectivity index (χ1) is 10.7. The molecule has 0 saturated carbocycles. The summed E-state index contributed by atoms with van der Waals surface area (Å²) in [5.41, 5.74) is 1.92. The maximum absolute atomic E-state index is 10.5. The van der Waals surface area contributed by atoms with E-state index >= 15 is 0 Å². The van der Waals surface area contributed by atoms with Gasteiger partial charge in [0.15, 0.2) is 0 Å². The lowest BCUT2D eigenvalue weighted by molar-refractivity contribution is -0.158. The Kier molecular flexibility index (Phi) is 7.95. The number of carbonyl (C=O) groups is 2. The van der Waals surface area contributed by atoms with Crippen molar-refractivity contribution in [2.24, 2.45) is 0 Å². The molecule has 0 spiro atoms. The third-order valence-corrected chi connectivity index (χ3v) is 3.14. The maximum Gasteiger partial charge on any atom is 0.295 e. The Morgan fingerprint density at radius 1 is 1.00 bits per heavy atom. The summed E-state index contributed by atoms with van der Waals surface area (Å²) in [5, 5.41) is 0. The van der Waals surface area contributed by atoms with Crippen LogP contribution in [0.4, 0.5) is 5.69 Å². The third kappa shape index (κ3) is 5.34. The summed E-state index contributed by atoms with van der Waals surface area (Å²) in [4.78, 5) is 22.9. The summed E-state index contributed by atoms with van der Waals surface area (Å²) >= 11 is 0.